The van der Waals surface area contributed by atoms with Crippen LogP contribution in [0.1, 0.15) is 79.2 Å². The molecule has 0 amide bonds. The third kappa shape index (κ3) is 5.86. The second-order valence-corrected chi connectivity index (χ2v) is 23.5. The molecule has 0 aliphatic carbocycles. The van der Waals surface area contributed by atoms with E-state index in [1.54, 1.807) is 18.2 Å². The van der Waals surface area contributed by atoms with Gasteiger partial charge in [-0.3, -0.25) is 4.90 Å². The highest BCUT2D eigenvalue weighted by molar-refractivity contribution is 6.90. The van der Waals surface area contributed by atoms with Gasteiger partial charge in [0.2, 0.25) is 0 Å². The van der Waals surface area contributed by atoms with Crippen molar-refractivity contribution in [3.05, 3.63) is 47.5 Å². The number of nitrogens with one attached hydrogen (secondary N) is 1. The van der Waals surface area contributed by atoms with Gasteiger partial charge in [-0.25, -0.2) is 13.2 Å². The van der Waals surface area contributed by atoms with Crippen LogP contribution in [0.5, 0.6) is 17.5 Å². The quantitative estimate of drug-likeness (QED) is 0.143. The van der Waals surface area contributed by atoms with Crippen molar-refractivity contribution < 1.29 is 27.8 Å². The van der Waals surface area contributed by atoms with Crippen molar-refractivity contribution >= 4 is 35.6 Å². The minimum absolute atomic E-state index is 0.0194. The van der Waals surface area contributed by atoms with E-state index in [4.69, 9.17) is 19.4 Å². The average molecular weight is 784 g/mol. The first-order valence-electron chi connectivity index (χ1n) is 20.5. The molecule has 6 heterocycles. The third-order valence-electron chi connectivity index (χ3n) is 13.9. The number of aromatic nitrogens is 2. The number of nitrogens with zero attached hydrogens (tertiary/aromatic N) is 4. The van der Waals surface area contributed by atoms with Gasteiger partial charge in [0.25, 0.3) is 0 Å². The summed E-state index contributed by atoms with van der Waals surface area (Å²) in [6.45, 7) is 15.7. The van der Waals surface area contributed by atoms with E-state index in [1.165, 1.54) is 12.1 Å². The van der Waals surface area contributed by atoms with Crippen LogP contribution in [0.25, 0.3) is 32.8 Å². The van der Waals surface area contributed by atoms with E-state index in [0.717, 1.165) is 32.2 Å². The Morgan fingerprint density at radius 3 is 2.57 bits per heavy atom. The van der Waals surface area contributed by atoms with Crippen LogP contribution in [-0.4, -0.2) is 90.7 Å². The number of aromatic hydroxyl groups is 1. The van der Waals surface area contributed by atoms with E-state index in [9.17, 15) is 9.50 Å². The summed E-state index contributed by atoms with van der Waals surface area (Å²) in [6, 6.07) is 8.06. The lowest BCUT2D eigenvalue weighted by Gasteiger charge is -2.40. The lowest BCUT2D eigenvalue weighted by Crippen LogP contribution is -2.60. The van der Waals surface area contributed by atoms with Crippen molar-refractivity contribution in [1.29, 1.82) is 0 Å². The molecule has 4 saturated heterocycles. The highest BCUT2D eigenvalue weighted by Crippen LogP contribution is 2.48. The molecule has 56 heavy (non-hydrogen) atoms. The SMILES string of the molecule is CC(C)[Si](C#Cc1c(F)ccc2cc(O)cc(-c3cc4c5c(nc(OC[C@@]67CCCN6C[C@H](F)C7)nc5c3F)N3C[C@H]5CC[C@H](N5)[C@H]3CO4)c12)(C(C)C)C(C)C. The smallest absolute Gasteiger partial charge is 0.319 e. The maximum absolute atomic E-state index is 17.7. The van der Waals surface area contributed by atoms with Gasteiger partial charge in [-0.2, -0.15) is 9.97 Å². The predicted octanol–water partition coefficient (Wildman–Crippen LogP) is 8.66. The molecule has 5 aliphatic heterocycles. The predicted molar refractivity (Wildman–Crippen MR) is 217 cm³/mol. The molecule has 4 aromatic rings. The number of benzene rings is 3. The largest absolute Gasteiger partial charge is 0.508 e. The Kier molecular flexibility index (Phi) is 9.25. The summed E-state index contributed by atoms with van der Waals surface area (Å²) in [5.74, 6) is 3.03. The Labute approximate surface area is 328 Å². The topological polar surface area (TPSA) is 83.0 Å². The Morgan fingerprint density at radius 1 is 1.02 bits per heavy atom. The van der Waals surface area contributed by atoms with E-state index >= 15 is 8.78 Å². The van der Waals surface area contributed by atoms with Gasteiger partial charge in [0.1, 0.15) is 56.1 Å². The Bertz CT molecular complexity index is 2270. The second kappa shape index (κ2) is 13.8. The Morgan fingerprint density at radius 2 is 1.80 bits per heavy atom. The molecule has 9 rings (SSSR count). The summed E-state index contributed by atoms with van der Waals surface area (Å²) >= 11 is 0. The molecule has 5 atom stereocenters. The van der Waals surface area contributed by atoms with Crippen LogP contribution in [0, 0.1) is 23.1 Å². The van der Waals surface area contributed by atoms with Crippen molar-refractivity contribution in [3.63, 3.8) is 0 Å². The van der Waals surface area contributed by atoms with Crippen LogP contribution in [0.3, 0.4) is 0 Å². The fourth-order valence-corrected chi connectivity index (χ4v) is 16.5. The molecule has 3 aromatic carbocycles. The number of fused-ring (bicyclic) bond motifs is 7. The molecule has 1 aromatic heterocycles. The van der Waals surface area contributed by atoms with Crippen molar-refractivity contribution in [1.82, 2.24) is 20.2 Å². The second-order valence-electron chi connectivity index (χ2n) is 17.9. The van der Waals surface area contributed by atoms with Gasteiger partial charge < -0.3 is 24.8 Å². The van der Waals surface area contributed by atoms with Crippen LogP contribution < -0.4 is 19.7 Å². The number of piperazine rings is 1. The Hall–Kier alpha value is -4.05. The summed E-state index contributed by atoms with van der Waals surface area (Å²) < 4.78 is 61.6. The number of hydrogen-bond donors (Lipinski definition) is 2. The van der Waals surface area contributed by atoms with E-state index in [2.05, 4.69) is 68.1 Å². The van der Waals surface area contributed by atoms with Crippen LogP contribution in [-0.2, 0) is 0 Å². The highest BCUT2D eigenvalue weighted by Gasteiger charge is 2.50. The molecule has 0 radical (unpaired) electrons. The van der Waals surface area contributed by atoms with Crippen LogP contribution in [0.4, 0.5) is 19.0 Å². The molecule has 2 bridgehead atoms. The number of hydrogen-bond acceptors (Lipinski definition) is 8. The van der Waals surface area contributed by atoms with Crippen LogP contribution in [0.15, 0.2) is 30.3 Å². The lowest BCUT2D eigenvalue weighted by atomic mass is 9.92. The zero-order chi connectivity index (χ0) is 39.3. The molecule has 4 fully saturated rings. The number of alkyl halides is 1. The van der Waals surface area contributed by atoms with Gasteiger partial charge >= 0.3 is 6.01 Å². The number of anilines is 1. The monoisotopic (exact) mass is 783 g/mol. The summed E-state index contributed by atoms with van der Waals surface area (Å²) in [4.78, 5) is 14.1. The zero-order valence-corrected chi connectivity index (χ0v) is 34.2. The molecular formula is C44H52F3N5O3Si. The molecule has 0 spiro atoms. The molecule has 0 saturated carbocycles. The van der Waals surface area contributed by atoms with Crippen LogP contribution >= 0.6 is 0 Å². The fourth-order valence-electron chi connectivity index (χ4n) is 11.3. The van der Waals surface area contributed by atoms with Crippen molar-refractivity contribution in [3.8, 4) is 40.1 Å². The van der Waals surface area contributed by atoms with Crippen molar-refractivity contribution in [2.45, 2.75) is 120 Å². The lowest BCUT2D eigenvalue weighted by molar-refractivity contribution is 0.107. The fraction of sp³-hybridized carbons (Fsp3) is 0.545. The number of phenols is 1. The van der Waals surface area contributed by atoms with Gasteiger partial charge in [0.05, 0.1) is 22.5 Å². The van der Waals surface area contributed by atoms with Crippen molar-refractivity contribution in [2.75, 3.05) is 37.7 Å². The Balaban J connectivity index is 1.25. The number of rotatable bonds is 7. The van der Waals surface area contributed by atoms with Gasteiger partial charge in [-0.1, -0.05) is 53.5 Å². The van der Waals surface area contributed by atoms with E-state index in [0.29, 0.717) is 76.0 Å². The summed E-state index contributed by atoms with van der Waals surface area (Å²) in [7, 11) is -2.29. The maximum atomic E-state index is 17.7. The number of phenolic OH excluding ortho intramolecular Hbond substituents is 1. The zero-order valence-electron chi connectivity index (χ0n) is 33.2. The third-order valence-corrected chi connectivity index (χ3v) is 20.2. The number of ether oxygens (including phenoxy) is 2. The van der Waals surface area contributed by atoms with E-state index < -0.39 is 31.4 Å². The molecule has 12 heteroatoms. The van der Waals surface area contributed by atoms with Gasteiger partial charge in [-0.05, 0) is 84.1 Å². The van der Waals surface area contributed by atoms with E-state index in [1.807, 2.05) is 0 Å². The van der Waals surface area contributed by atoms with Crippen LogP contribution in [0.2, 0.25) is 16.6 Å². The highest BCUT2D eigenvalue weighted by atomic mass is 28.3. The minimum Gasteiger partial charge on any atom is -0.508 e. The van der Waals surface area contributed by atoms with E-state index in [-0.39, 0.29) is 53.1 Å². The number of halogens is 3. The van der Waals surface area contributed by atoms with Gasteiger partial charge in [0.15, 0.2) is 5.82 Å². The first-order valence-corrected chi connectivity index (χ1v) is 22.7. The normalized spacial score (nSPS) is 25.8. The molecule has 296 valence electrons. The summed E-state index contributed by atoms with van der Waals surface area (Å²) in [6.07, 6.45) is 3.26. The molecule has 2 N–H and O–H groups in total. The van der Waals surface area contributed by atoms with Gasteiger partial charge in [-0.15, -0.1) is 5.54 Å². The van der Waals surface area contributed by atoms with Gasteiger partial charge in [0, 0.05) is 42.5 Å². The first kappa shape index (κ1) is 37.5. The molecule has 0 unspecified atom stereocenters. The average Bonchev–Trinajstić information content (AvgIpc) is 3.79. The molecular weight excluding hydrogens is 732 g/mol. The first-order chi connectivity index (χ1) is 26.8. The van der Waals surface area contributed by atoms with Crippen molar-refractivity contribution in [2.24, 2.45) is 0 Å². The minimum atomic E-state index is -2.29. The maximum Gasteiger partial charge on any atom is 0.319 e. The summed E-state index contributed by atoms with van der Waals surface area (Å²) in [5, 5.41) is 16.2. The standard InChI is InChI=1S/C44H52F3N5O3Si/c1-24(2)56(25(3)4,26(5)6)15-12-31-34(46)10-8-27-16-30(53)17-32(38(27)31)33-18-37-39-41(40(33)47)49-43(55-23-44-13-7-14-51(44)20-28(45)19-44)50-42(39)52-21-29-9-11-35(48-29)36(52)22-54-37/h8,10,16-18,24-26,28-29,35-36,48,53H,7,9,11,13-14,19-23H2,1-6H3/t28-,29-,35+,36-,44+/m1/s1. The molecule has 8 nitrogen and oxygen atoms in total. The molecule has 5 aliphatic rings. The summed E-state index contributed by atoms with van der Waals surface area (Å²) in [5.41, 5.74) is 4.78.